The van der Waals surface area contributed by atoms with Crippen LogP contribution in [0.25, 0.3) is 0 Å². The number of nitrogens with zero attached hydrogens (tertiary/aromatic N) is 1. The van der Waals surface area contributed by atoms with Gasteiger partial charge in [-0.25, -0.2) is 4.79 Å². The van der Waals surface area contributed by atoms with E-state index in [-0.39, 0.29) is 18.0 Å². The smallest absolute Gasteiger partial charge is 0.407 e. The van der Waals surface area contributed by atoms with Gasteiger partial charge in [0.1, 0.15) is 0 Å². The average Bonchev–Trinajstić information content (AvgIpc) is 2.37. The molecule has 1 saturated heterocycles. The summed E-state index contributed by atoms with van der Waals surface area (Å²) < 4.78 is 4.95. The molecule has 1 heterocycles. The van der Waals surface area contributed by atoms with E-state index in [0.29, 0.717) is 37.3 Å². The quantitative estimate of drug-likeness (QED) is 0.849. The minimum Gasteiger partial charge on any atom is -0.450 e. The Morgan fingerprint density at radius 3 is 2.43 bits per heavy atom. The van der Waals surface area contributed by atoms with E-state index in [1.54, 1.807) is 6.92 Å². The molecule has 122 valence electrons. The summed E-state index contributed by atoms with van der Waals surface area (Å²) >= 11 is 0. The molecule has 2 unspecified atom stereocenters. The molecular weight excluding hydrogens is 268 g/mol. The molecule has 1 aliphatic heterocycles. The van der Waals surface area contributed by atoms with E-state index >= 15 is 0 Å². The third-order valence-electron chi connectivity index (χ3n) is 3.96. The van der Waals surface area contributed by atoms with Gasteiger partial charge in [-0.1, -0.05) is 27.7 Å². The Kier molecular flexibility index (Phi) is 6.99. The first-order valence-electron chi connectivity index (χ1n) is 8.04. The third-order valence-corrected chi connectivity index (χ3v) is 3.96. The number of alkyl carbamates (subject to hydrolysis) is 1. The number of hydrogen-bond acceptors (Lipinski definition) is 3. The lowest BCUT2D eigenvalue weighted by Gasteiger charge is -2.39. The molecule has 21 heavy (non-hydrogen) atoms. The van der Waals surface area contributed by atoms with Crippen LogP contribution in [0.5, 0.6) is 0 Å². The van der Waals surface area contributed by atoms with Crippen molar-refractivity contribution in [3.05, 3.63) is 0 Å². The molecule has 2 amide bonds. The Morgan fingerprint density at radius 1 is 1.24 bits per heavy atom. The normalized spacial score (nSPS) is 22.5. The van der Waals surface area contributed by atoms with E-state index in [1.807, 2.05) is 4.90 Å². The Hall–Kier alpha value is -1.26. The van der Waals surface area contributed by atoms with Gasteiger partial charge in [0.2, 0.25) is 5.91 Å². The molecule has 5 nitrogen and oxygen atoms in total. The second-order valence-corrected chi connectivity index (χ2v) is 6.70. The van der Waals surface area contributed by atoms with Crippen molar-refractivity contribution in [2.75, 3.05) is 19.7 Å². The fraction of sp³-hybridized carbons (Fsp3) is 0.875. The van der Waals surface area contributed by atoms with Crippen LogP contribution in [0.3, 0.4) is 0 Å². The topological polar surface area (TPSA) is 58.6 Å². The molecule has 0 saturated carbocycles. The molecule has 0 radical (unpaired) electrons. The molecule has 1 N–H and O–H groups in total. The van der Waals surface area contributed by atoms with Crippen LogP contribution in [-0.2, 0) is 9.53 Å². The van der Waals surface area contributed by atoms with E-state index in [1.165, 1.54) is 0 Å². The van der Waals surface area contributed by atoms with Crippen molar-refractivity contribution in [3.63, 3.8) is 0 Å². The highest BCUT2D eigenvalue weighted by molar-refractivity contribution is 5.76. The first kappa shape index (κ1) is 17.8. The highest BCUT2D eigenvalue weighted by atomic mass is 16.5. The Balaban J connectivity index is 2.68. The van der Waals surface area contributed by atoms with Crippen LogP contribution in [0.15, 0.2) is 0 Å². The summed E-state index contributed by atoms with van der Waals surface area (Å²) in [6.07, 6.45) is 1.09. The number of ether oxygens (including phenoxy) is 1. The zero-order valence-corrected chi connectivity index (χ0v) is 14.0. The summed E-state index contributed by atoms with van der Waals surface area (Å²) in [6.45, 7) is 12.0. The van der Waals surface area contributed by atoms with Gasteiger partial charge in [-0.05, 0) is 31.1 Å². The van der Waals surface area contributed by atoms with Crippen molar-refractivity contribution in [2.45, 2.75) is 53.5 Å². The van der Waals surface area contributed by atoms with Crippen LogP contribution in [-0.4, -0.2) is 42.6 Å². The van der Waals surface area contributed by atoms with E-state index in [9.17, 15) is 9.59 Å². The number of nitrogens with one attached hydrogen (secondary N) is 1. The van der Waals surface area contributed by atoms with Crippen molar-refractivity contribution >= 4 is 12.0 Å². The van der Waals surface area contributed by atoms with Crippen molar-refractivity contribution in [3.8, 4) is 0 Å². The van der Waals surface area contributed by atoms with Gasteiger partial charge in [0.25, 0.3) is 0 Å². The van der Waals surface area contributed by atoms with Gasteiger partial charge in [0.15, 0.2) is 0 Å². The monoisotopic (exact) mass is 298 g/mol. The summed E-state index contributed by atoms with van der Waals surface area (Å²) in [6, 6.07) is -0.0127. The van der Waals surface area contributed by atoms with Crippen LogP contribution in [0.1, 0.15) is 47.5 Å². The van der Waals surface area contributed by atoms with Crippen molar-refractivity contribution in [2.24, 2.45) is 17.8 Å². The Labute approximate surface area is 128 Å². The molecule has 0 aliphatic carbocycles. The third kappa shape index (κ3) is 5.94. The molecule has 0 aromatic rings. The van der Waals surface area contributed by atoms with Gasteiger partial charge in [-0.15, -0.1) is 0 Å². The lowest BCUT2D eigenvalue weighted by atomic mass is 9.85. The zero-order chi connectivity index (χ0) is 16.0. The largest absolute Gasteiger partial charge is 0.450 e. The first-order valence-corrected chi connectivity index (χ1v) is 8.04. The van der Waals surface area contributed by atoms with E-state index in [0.717, 1.165) is 13.0 Å². The van der Waals surface area contributed by atoms with Gasteiger partial charge in [0.05, 0.1) is 12.6 Å². The Bertz CT molecular complexity index is 355. The maximum Gasteiger partial charge on any atom is 0.407 e. The number of carbonyl (C=O) groups excluding carboxylic acids is 2. The second-order valence-electron chi connectivity index (χ2n) is 6.70. The number of piperidine rings is 1. The standard InChI is InChI=1S/C16H30N2O3/c1-6-21-16(20)17-14-8-13(12(4)5)9-18(10-14)15(19)7-11(2)3/h11-14H,6-10H2,1-5H3,(H,17,20). The van der Waals surface area contributed by atoms with Crippen molar-refractivity contribution < 1.29 is 14.3 Å². The molecule has 1 rings (SSSR count). The van der Waals surface area contributed by atoms with Gasteiger partial charge >= 0.3 is 6.09 Å². The predicted molar refractivity (Wildman–Crippen MR) is 82.9 cm³/mol. The van der Waals surface area contributed by atoms with Crippen LogP contribution in [0.4, 0.5) is 4.79 Å². The number of amides is 2. The van der Waals surface area contributed by atoms with Gasteiger partial charge in [0, 0.05) is 19.5 Å². The lowest BCUT2D eigenvalue weighted by molar-refractivity contribution is -0.134. The number of hydrogen-bond donors (Lipinski definition) is 1. The van der Waals surface area contributed by atoms with E-state index < -0.39 is 0 Å². The molecule has 0 bridgehead atoms. The second kappa shape index (κ2) is 8.25. The summed E-state index contributed by atoms with van der Waals surface area (Å²) in [5, 5.41) is 2.89. The highest BCUT2D eigenvalue weighted by Crippen LogP contribution is 2.25. The first-order chi connectivity index (χ1) is 9.83. The summed E-state index contributed by atoms with van der Waals surface area (Å²) in [4.78, 5) is 25.8. The van der Waals surface area contributed by atoms with Crippen LogP contribution in [0.2, 0.25) is 0 Å². The van der Waals surface area contributed by atoms with E-state index in [4.69, 9.17) is 4.74 Å². The summed E-state index contributed by atoms with van der Waals surface area (Å²) in [5.74, 6) is 1.45. The molecular formula is C16H30N2O3. The van der Waals surface area contributed by atoms with Crippen LogP contribution < -0.4 is 5.32 Å². The molecule has 0 aromatic heterocycles. The summed E-state index contributed by atoms with van der Waals surface area (Å²) in [5.41, 5.74) is 0. The molecule has 0 aromatic carbocycles. The van der Waals surface area contributed by atoms with Gasteiger partial charge in [-0.3, -0.25) is 4.79 Å². The molecule has 1 fully saturated rings. The van der Waals surface area contributed by atoms with Crippen LogP contribution in [0, 0.1) is 17.8 Å². The molecule has 0 spiro atoms. The molecule has 1 aliphatic rings. The van der Waals surface area contributed by atoms with Crippen LogP contribution >= 0.6 is 0 Å². The fourth-order valence-electron chi connectivity index (χ4n) is 2.75. The maximum absolute atomic E-state index is 12.3. The predicted octanol–water partition coefficient (Wildman–Crippen LogP) is 2.65. The SMILES string of the molecule is CCOC(=O)NC1CC(C(C)C)CN(C(=O)CC(C)C)C1. The zero-order valence-electron chi connectivity index (χ0n) is 14.0. The van der Waals surface area contributed by atoms with E-state index in [2.05, 4.69) is 33.0 Å². The number of carbonyl (C=O) groups is 2. The van der Waals surface area contributed by atoms with Crippen molar-refractivity contribution in [1.29, 1.82) is 0 Å². The lowest BCUT2D eigenvalue weighted by Crippen LogP contribution is -2.53. The van der Waals surface area contributed by atoms with Gasteiger partial charge < -0.3 is 15.0 Å². The maximum atomic E-state index is 12.3. The number of rotatable bonds is 5. The summed E-state index contributed by atoms with van der Waals surface area (Å²) in [7, 11) is 0. The average molecular weight is 298 g/mol. The highest BCUT2D eigenvalue weighted by Gasteiger charge is 2.32. The molecule has 5 heteroatoms. The van der Waals surface area contributed by atoms with Gasteiger partial charge in [-0.2, -0.15) is 0 Å². The molecule has 2 atom stereocenters. The Morgan fingerprint density at radius 2 is 1.90 bits per heavy atom. The minimum atomic E-state index is -0.386. The van der Waals surface area contributed by atoms with Crippen molar-refractivity contribution in [1.82, 2.24) is 10.2 Å². The number of likely N-dealkylation sites (tertiary alicyclic amines) is 1. The fourth-order valence-corrected chi connectivity index (χ4v) is 2.75. The minimum absolute atomic E-state index is 0.0127.